The predicted octanol–water partition coefficient (Wildman–Crippen LogP) is 4.33. The Balaban J connectivity index is 1.43. The number of likely N-dealkylation sites (tertiary alicyclic amines) is 1. The fraction of sp³-hybridized carbons (Fsp3) is 0.394. The predicted molar refractivity (Wildman–Crippen MR) is 184 cm³/mol. The van der Waals surface area contributed by atoms with E-state index in [1.54, 1.807) is 23.1 Å². The van der Waals surface area contributed by atoms with Gasteiger partial charge in [0.25, 0.3) is 0 Å². The molecule has 4 aromatic rings. The maximum Gasteiger partial charge on any atom is 0.241 e. The van der Waals surface area contributed by atoms with Gasteiger partial charge in [-0.1, -0.05) is 43.3 Å². The van der Waals surface area contributed by atoms with Gasteiger partial charge in [-0.05, 0) is 56.4 Å². The first-order valence-electron chi connectivity index (χ1n) is 15.5. The van der Waals surface area contributed by atoms with Gasteiger partial charge < -0.3 is 20.9 Å². The molecule has 5 N–H and O–H groups in total. The summed E-state index contributed by atoms with van der Waals surface area (Å²) in [4.78, 5) is 36.3. The molecule has 1 amide bonds. The highest BCUT2D eigenvalue weighted by molar-refractivity contribution is 7.89. The molecule has 1 saturated heterocycles. The highest BCUT2D eigenvalue weighted by Crippen LogP contribution is 2.32. The number of ketones is 1. The minimum absolute atomic E-state index is 0.0861. The normalized spacial score (nSPS) is 16.7. The van der Waals surface area contributed by atoms with Crippen LogP contribution in [0.5, 0.6) is 0 Å². The third-order valence-corrected chi connectivity index (χ3v) is 11.1. The number of aromatic nitrogens is 1. The molecule has 1 aliphatic rings. The van der Waals surface area contributed by atoms with Gasteiger partial charge in [0.15, 0.2) is 16.8 Å². The summed E-state index contributed by atoms with van der Waals surface area (Å²) in [6.07, 6.45) is 2.81. The smallest absolute Gasteiger partial charge is 0.241 e. The van der Waals surface area contributed by atoms with Crippen LogP contribution in [-0.2, 0) is 14.8 Å². The van der Waals surface area contributed by atoms with Crippen molar-refractivity contribution in [3.8, 4) is 0 Å². The van der Waals surface area contributed by atoms with Crippen LogP contribution >= 0.6 is 11.3 Å². The van der Waals surface area contributed by atoms with Crippen LogP contribution in [0, 0.1) is 11.3 Å². The zero-order valence-electron chi connectivity index (χ0n) is 26.3. The van der Waals surface area contributed by atoms with Gasteiger partial charge in [0, 0.05) is 55.6 Å². The second-order valence-electron chi connectivity index (χ2n) is 11.9. The second kappa shape index (κ2) is 14.1. The minimum Gasteiger partial charge on any atom is -0.377 e. The van der Waals surface area contributed by atoms with E-state index in [-0.39, 0.29) is 29.0 Å². The van der Waals surface area contributed by atoms with E-state index in [0.29, 0.717) is 36.3 Å². The molecule has 3 aromatic carbocycles. The standard InChI is InChI=1S/C33H41N7O4S2/c1-21(30(41)31-37-24-13-4-5-17-28(24)45-31)26-15-6-7-20-40(26)32(42)25(14-10-19-36-33(34)35)38-46(43,44)29-18-9-11-22-23(29)12-8-16-27(22)39(2)3/h4-5,8-9,11-13,16-18,21,25-26,38H,6-7,10,14-15,19-20H2,1-3H3,(H4,34,35,36). The number of carbonyl (C=O) groups is 2. The lowest BCUT2D eigenvalue weighted by Crippen LogP contribution is -2.55. The molecular weight excluding hydrogens is 623 g/mol. The number of benzene rings is 3. The van der Waals surface area contributed by atoms with Crippen molar-refractivity contribution >= 4 is 65.7 Å². The number of guanidine groups is 1. The van der Waals surface area contributed by atoms with Crippen LogP contribution in [0.4, 0.5) is 5.69 Å². The van der Waals surface area contributed by atoms with Crippen molar-refractivity contribution in [3.05, 3.63) is 65.7 Å². The summed E-state index contributed by atoms with van der Waals surface area (Å²) < 4.78 is 31.7. The van der Waals surface area contributed by atoms with Crippen molar-refractivity contribution in [2.45, 2.75) is 56.0 Å². The van der Waals surface area contributed by atoms with E-state index in [2.05, 4.69) is 15.0 Å². The summed E-state index contributed by atoms with van der Waals surface area (Å²) in [6.45, 7) is 2.56. The SMILES string of the molecule is CC(C(=O)c1nc2ccccc2s1)C1CCCCN1C(=O)C(CCCNC(=N)N)NS(=O)(=O)c1cccc2c(N(C)C)cccc12. The molecule has 46 heavy (non-hydrogen) atoms. The van der Waals surface area contributed by atoms with E-state index in [0.717, 1.165) is 34.1 Å². The number of piperidine rings is 1. The van der Waals surface area contributed by atoms with E-state index in [1.165, 1.54) is 11.3 Å². The molecule has 1 fully saturated rings. The lowest BCUT2D eigenvalue weighted by molar-refractivity contribution is -0.137. The Bertz CT molecular complexity index is 1820. The van der Waals surface area contributed by atoms with Crippen LogP contribution in [-0.4, -0.2) is 75.2 Å². The van der Waals surface area contributed by atoms with Crippen molar-refractivity contribution < 1.29 is 18.0 Å². The van der Waals surface area contributed by atoms with Crippen LogP contribution < -0.4 is 20.7 Å². The molecule has 0 aliphatic carbocycles. The highest BCUT2D eigenvalue weighted by Gasteiger charge is 2.39. The van der Waals surface area contributed by atoms with Crippen LogP contribution in [0.3, 0.4) is 0 Å². The summed E-state index contributed by atoms with van der Waals surface area (Å²) >= 11 is 1.35. The maximum absolute atomic E-state index is 14.3. The number of para-hydroxylation sites is 1. The first-order chi connectivity index (χ1) is 22.0. The maximum atomic E-state index is 14.3. The van der Waals surface area contributed by atoms with Crippen LogP contribution in [0.15, 0.2) is 65.6 Å². The van der Waals surface area contributed by atoms with Gasteiger partial charge in [-0.25, -0.2) is 13.4 Å². The van der Waals surface area contributed by atoms with E-state index in [9.17, 15) is 18.0 Å². The Morgan fingerprint density at radius 1 is 1.09 bits per heavy atom. The number of hydrogen-bond donors (Lipinski definition) is 4. The molecule has 0 spiro atoms. The summed E-state index contributed by atoms with van der Waals surface area (Å²) in [5, 5.41) is 11.9. The Kier molecular flexibility index (Phi) is 10.2. The van der Waals surface area contributed by atoms with Crippen LogP contribution in [0.25, 0.3) is 21.0 Å². The average Bonchev–Trinajstić information content (AvgIpc) is 3.49. The summed E-state index contributed by atoms with van der Waals surface area (Å²) in [6, 6.07) is 16.7. The van der Waals surface area contributed by atoms with Crippen molar-refractivity contribution in [3.63, 3.8) is 0 Å². The van der Waals surface area contributed by atoms with Gasteiger partial charge in [0.1, 0.15) is 6.04 Å². The molecule has 11 nitrogen and oxygen atoms in total. The quantitative estimate of drug-likeness (QED) is 0.0754. The molecular formula is C33H41N7O4S2. The first kappa shape index (κ1) is 33.3. The third kappa shape index (κ3) is 7.16. The van der Waals surface area contributed by atoms with Gasteiger partial charge in [-0.2, -0.15) is 4.72 Å². The minimum atomic E-state index is -4.16. The topological polar surface area (TPSA) is 162 Å². The first-order valence-corrected chi connectivity index (χ1v) is 17.8. The fourth-order valence-electron chi connectivity index (χ4n) is 6.20. The Morgan fingerprint density at radius 2 is 1.83 bits per heavy atom. The average molecular weight is 664 g/mol. The van der Waals surface area contributed by atoms with E-state index in [1.807, 2.05) is 68.4 Å². The van der Waals surface area contributed by atoms with Crippen molar-refractivity contribution in [2.24, 2.45) is 11.7 Å². The lowest BCUT2D eigenvalue weighted by Gasteiger charge is -2.40. The summed E-state index contributed by atoms with van der Waals surface area (Å²) in [7, 11) is -0.359. The molecule has 5 rings (SSSR count). The van der Waals surface area contributed by atoms with E-state index >= 15 is 0 Å². The molecule has 3 atom stereocenters. The Labute approximate surface area is 273 Å². The molecule has 3 unspecified atom stereocenters. The highest BCUT2D eigenvalue weighted by atomic mass is 32.2. The Morgan fingerprint density at radius 3 is 2.57 bits per heavy atom. The van der Waals surface area contributed by atoms with E-state index in [4.69, 9.17) is 11.1 Å². The van der Waals surface area contributed by atoms with Gasteiger partial charge in [-0.15, -0.1) is 11.3 Å². The number of amides is 1. The number of nitrogens with zero attached hydrogens (tertiary/aromatic N) is 3. The zero-order chi connectivity index (χ0) is 33.0. The number of sulfonamides is 1. The monoisotopic (exact) mass is 663 g/mol. The number of carbonyl (C=O) groups excluding carboxylic acids is 2. The van der Waals surface area contributed by atoms with Gasteiger partial charge >= 0.3 is 0 Å². The molecule has 0 saturated carbocycles. The van der Waals surface area contributed by atoms with Crippen molar-refractivity contribution in [1.29, 1.82) is 5.41 Å². The number of rotatable bonds is 12. The van der Waals surface area contributed by atoms with Crippen LogP contribution in [0.2, 0.25) is 0 Å². The number of thiazole rings is 1. The molecule has 1 aromatic heterocycles. The number of nitrogens with one attached hydrogen (secondary N) is 3. The lowest BCUT2D eigenvalue weighted by atomic mass is 9.88. The number of Topliss-reactive ketones (excluding diaryl/α,β-unsaturated/α-hetero) is 1. The fourth-order valence-corrected chi connectivity index (χ4v) is 8.65. The largest absolute Gasteiger partial charge is 0.377 e. The van der Waals surface area contributed by atoms with Crippen molar-refractivity contribution in [1.82, 2.24) is 19.9 Å². The number of anilines is 1. The van der Waals surface area contributed by atoms with Crippen LogP contribution in [0.1, 0.15) is 48.8 Å². The number of hydrogen-bond acceptors (Lipinski definition) is 8. The third-order valence-electron chi connectivity index (χ3n) is 8.54. The van der Waals surface area contributed by atoms with Gasteiger partial charge in [0.05, 0.1) is 15.1 Å². The van der Waals surface area contributed by atoms with Gasteiger partial charge in [0.2, 0.25) is 15.9 Å². The molecule has 244 valence electrons. The molecule has 2 heterocycles. The number of nitrogens with two attached hydrogens (primary N) is 1. The summed E-state index contributed by atoms with van der Waals surface area (Å²) in [5.74, 6) is -1.21. The van der Waals surface area contributed by atoms with E-state index < -0.39 is 28.0 Å². The molecule has 0 radical (unpaired) electrons. The number of fused-ring (bicyclic) bond motifs is 2. The second-order valence-corrected chi connectivity index (χ2v) is 14.6. The Hall–Kier alpha value is -4.07. The van der Waals surface area contributed by atoms with Gasteiger partial charge in [-0.3, -0.25) is 15.0 Å². The molecule has 1 aliphatic heterocycles. The zero-order valence-corrected chi connectivity index (χ0v) is 28.0. The molecule has 0 bridgehead atoms. The summed E-state index contributed by atoms with van der Waals surface area (Å²) in [5.41, 5.74) is 7.09. The van der Waals surface area contributed by atoms with Crippen molar-refractivity contribution in [2.75, 3.05) is 32.1 Å². The molecule has 13 heteroatoms.